The number of nitriles is 1. The predicted octanol–water partition coefficient (Wildman–Crippen LogP) is 7.39. The summed E-state index contributed by atoms with van der Waals surface area (Å²) < 4.78 is 25.5. The molecule has 158 valence electrons. The van der Waals surface area contributed by atoms with Crippen LogP contribution in [0.4, 0.5) is 4.39 Å². The van der Waals surface area contributed by atoms with E-state index in [1.807, 2.05) is 60.7 Å². The van der Waals surface area contributed by atoms with Crippen molar-refractivity contribution in [2.75, 3.05) is 7.11 Å². The van der Waals surface area contributed by atoms with Gasteiger partial charge in [0.15, 0.2) is 11.5 Å². The van der Waals surface area contributed by atoms with E-state index in [0.29, 0.717) is 27.1 Å². The maximum atomic E-state index is 13.4. The van der Waals surface area contributed by atoms with Gasteiger partial charge in [0.25, 0.3) is 0 Å². The first kappa shape index (κ1) is 21.6. The monoisotopic (exact) mass is 487 g/mol. The molecule has 0 heterocycles. The van der Waals surface area contributed by atoms with Crippen LogP contribution in [-0.2, 0) is 6.61 Å². The molecule has 0 bridgehead atoms. The van der Waals surface area contributed by atoms with Crippen LogP contribution in [-0.4, -0.2) is 7.11 Å². The van der Waals surface area contributed by atoms with Crippen LogP contribution in [0.1, 0.15) is 16.7 Å². The summed E-state index contributed by atoms with van der Waals surface area (Å²) >= 11 is 3.54. The minimum Gasteiger partial charge on any atom is -0.493 e. The summed E-state index contributed by atoms with van der Waals surface area (Å²) in [6, 6.07) is 26.2. The van der Waals surface area contributed by atoms with E-state index in [1.165, 1.54) is 12.1 Å². The molecule has 0 saturated carbocycles. The highest BCUT2D eigenvalue weighted by molar-refractivity contribution is 9.10. The standard InChI is InChI=1S/C27H19BrFNO2/c1-31-26-14-19(13-25(28)27(26)32-17-18-5-4-8-24(29)12-18)11-23(16-30)22-10-9-20-6-2-3-7-21(20)15-22/h2-15H,17H2,1H3/b23-11-. The first-order valence-corrected chi connectivity index (χ1v) is 10.7. The Morgan fingerprint density at radius 1 is 1.00 bits per heavy atom. The lowest BCUT2D eigenvalue weighted by molar-refractivity contribution is 0.282. The molecule has 0 spiro atoms. The van der Waals surface area contributed by atoms with Crippen LogP contribution < -0.4 is 9.47 Å². The fourth-order valence-electron chi connectivity index (χ4n) is 3.45. The number of ether oxygens (including phenoxy) is 2. The molecule has 4 rings (SSSR count). The molecular formula is C27H19BrFNO2. The third-order valence-corrected chi connectivity index (χ3v) is 5.60. The van der Waals surface area contributed by atoms with Crippen molar-refractivity contribution in [1.29, 1.82) is 5.26 Å². The van der Waals surface area contributed by atoms with Crippen LogP contribution in [0.15, 0.2) is 83.3 Å². The number of rotatable bonds is 6. The molecule has 0 saturated heterocycles. The number of hydrogen-bond acceptors (Lipinski definition) is 3. The number of methoxy groups -OCH3 is 1. The van der Waals surface area contributed by atoms with Gasteiger partial charge in [-0.2, -0.15) is 5.26 Å². The van der Waals surface area contributed by atoms with Crippen LogP contribution in [0.25, 0.3) is 22.4 Å². The highest BCUT2D eigenvalue weighted by Gasteiger charge is 2.13. The van der Waals surface area contributed by atoms with Crippen LogP contribution in [0.2, 0.25) is 0 Å². The minimum absolute atomic E-state index is 0.197. The molecule has 5 heteroatoms. The third-order valence-electron chi connectivity index (χ3n) is 5.02. The zero-order chi connectivity index (χ0) is 22.5. The fraction of sp³-hybridized carbons (Fsp3) is 0.0741. The highest BCUT2D eigenvalue weighted by Crippen LogP contribution is 2.38. The van der Waals surface area contributed by atoms with Crippen molar-refractivity contribution in [2.45, 2.75) is 6.61 Å². The van der Waals surface area contributed by atoms with E-state index < -0.39 is 0 Å². The van der Waals surface area contributed by atoms with E-state index in [0.717, 1.165) is 21.9 Å². The van der Waals surface area contributed by atoms with Gasteiger partial charge < -0.3 is 9.47 Å². The van der Waals surface area contributed by atoms with E-state index in [2.05, 4.69) is 22.0 Å². The van der Waals surface area contributed by atoms with Gasteiger partial charge in [-0.15, -0.1) is 0 Å². The lowest BCUT2D eigenvalue weighted by Gasteiger charge is -2.14. The Hall–Kier alpha value is -3.62. The lowest BCUT2D eigenvalue weighted by atomic mass is 10.00. The first-order valence-electron chi connectivity index (χ1n) is 9.93. The van der Waals surface area contributed by atoms with Gasteiger partial charge in [-0.1, -0.05) is 48.5 Å². The molecule has 32 heavy (non-hydrogen) atoms. The summed E-state index contributed by atoms with van der Waals surface area (Å²) in [7, 11) is 1.55. The SMILES string of the molecule is COc1cc(/C=C(/C#N)c2ccc3ccccc3c2)cc(Br)c1OCc1cccc(F)c1. The molecule has 0 amide bonds. The molecule has 0 aliphatic carbocycles. The molecular weight excluding hydrogens is 469 g/mol. The number of allylic oxidation sites excluding steroid dienone is 1. The molecule has 0 N–H and O–H groups in total. The van der Waals surface area contributed by atoms with Gasteiger partial charge in [0.2, 0.25) is 0 Å². The molecule has 0 aliphatic heterocycles. The Morgan fingerprint density at radius 2 is 1.81 bits per heavy atom. The van der Waals surface area contributed by atoms with Crippen LogP contribution in [0.3, 0.4) is 0 Å². The highest BCUT2D eigenvalue weighted by atomic mass is 79.9. The molecule has 0 radical (unpaired) electrons. The number of halogens is 2. The number of hydrogen-bond donors (Lipinski definition) is 0. The molecule has 4 aromatic rings. The second-order valence-corrected chi connectivity index (χ2v) is 8.04. The molecule has 0 atom stereocenters. The van der Waals surface area contributed by atoms with Crippen LogP contribution in [0, 0.1) is 17.1 Å². The third kappa shape index (κ3) is 4.82. The zero-order valence-electron chi connectivity index (χ0n) is 17.3. The Morgan fingerprint density at radius 3 is 2.56 bits per heavy atom. The lowest BCUT2D eigenvalue weighted by Crippen LogP contribution is -1.99. The molecule has 0 fully saturated rings. The van der Waals surface area contributed by atoms with Crippen LogP contribution >= 0.6 is 15.9 Å². The molecule has 0 aromatic heterocycles. The predicted molar refractivity (Wildman–Crippen MR) is 129 cm³/mol. The maximum Gasteiger partial charge on any atom is 0.175 e. The van der Waals surface area contributed by atoms with Crippen LogP contribution in [0.5, 0.6) is 11.5 Å². The van der Waals surface area contributed by atoms with Crippen molar-refractivity contribution in [2.24, 2.45) is 0 Å². The maximum absolute atomic E-state index is 13.4. The van der Waals surface area contributed by atoms with E-state index in [9.17, 15) is 9.65 Å². The van der Waals surface area contributed by atoms with Gasteiger partial charge in [0, 0.05) is 0 Å². The Labute approximate surface area is 194 Å². The second kappa shape index (κ2) is 9.67. The molecule has 0 aliphatic rings. The van der Waals surface area contributed by atoms with Crippen molar-refractivity contribution in [3.05, 3.63) is 106 Å². The molecule has 3 nitrogen and oxygen atoms in total. The number of benzene rings is 4. The Bertz CT molecular complexity index is 1360. The fourth-order valence-corrected chi connectivity index (χ4v) is 4.02. The van der Waals surface area contributed by atoms with E-state index >= 15 is 0 Å². The first-order chi connectivity index (χ1) is 15.6. The molecule has 4 aromatic carbocycles. The Balaban J connectivity index is 1.64. The summed E-state index contributed by atoms with van der Waals surface area (Å²) in [4.78, 5) is 0. The number of fused-ring (bicyclic) bond motifs is 1. The quantitative estimate of drug-likeness (QED) is 0.210. The van der Waals surface area contributed by atoms with Crippen molar-refractivity contribution in [3.8, 4) is 17.6 Å². The van der Waals surface area contributed by atoms with E-state index in [4.69, 9.17) is 9.47 Å². The summed E-state index contributed by atoms with van der Waals surface area (Å²) in [6.07, 6.45) is 1.81. The van der Waals surface area contributed by atoms with Gasteiger partial charge in [-0.3, -0.25) is 0 Å². The summed E-state index contributed by atoms with van der Waals surface area (Å²) in [5, 5.41) is 12.0. The average Bonchev–Trinajstić information content (AvgIpc) is 2.81. The van der Waals surface area contributed by atoms with Gasteiger partial charge in [-0.05, 0) is 79.8 Å². The average molecular weight is 488 g/mol. The zero-order valence-corrected chi connectivity index (χ0v) is 18.9. The largest absolute Gasteiger partial charge is 0.493 e. The van der Waals surface area contributed by atoms with Gasteiger partial charge >= 0.3 is 0 Å². The second-order valence-electron chi connectivity index (χ2n) is 7.18. The van der Waals surface area contributed by atoms with Crippen molar-refractivity contribution in [1.82, 2.24) is 0 Å². The van der Waals surface area contributed by atoms with E-state index in [-0.39, 0.29) is 12.4 Å². The Kier molecular flexibility index (Phi) is 6.53. The summed E-state index contributed by atoms with van der Waals surface area (Å²) in [5.41, 5.74) is 2.88. The normalized spacial score (nSPS) is 11.2. The molecule has 0 unspecified atom stereocenters. The van der Waals surface area contributed by atoms with Gasteiger partial charge in [-0.25, -0.2) is 4.39 Å². The van der Waals surface area contributed by atoms with E-state index in [1.54, 1.807) is 19.2 Å². The summed E-state index contributed by atoms with van der Waals surface area (Å²) in [6.45, 7) is 0.197. The van der Waals surface area contributed by atoms with Crippen molar-refractivity contribution >= 4 is 38.4 Å². The summed E-state index contributed by atoms with van der Waals surface area (Å²) in [5.74, 6) is 0.714. The topological polar surface area (TPSA) is 42.2 Å². The van der Waals surface area contributed by atoms with Gasteiger partial charge in [0.1, 0.15) is 12.4 Å². The number of nitrogens with zero attached hydrogens (tertiary/aromatic N) is 1. The minimum atomic E-state index is -0.310. The van der Waals surface area contributed by atoms with Crippen molar-refractivity contribution < 1.29 is 13.9 Å². The van der Waals surface area contributed by atoms with Crippen molar-refractivity contribution in [3.63, 3.8) is 0 Å². The van der Waals surface area contributed by atoms with Gasteiger partial charge in [0.05, 0.1) is 23.2 Å². The smallest absolute Gasteiger partial charge is 0.175 e.